The van der Waals surface area contributed by atoms with Gasteiger partial charge in [-0.15, -0.1) is 0 Å². The van der Waals surface area contributed by atoms with Crippen LogP contribution in [0, 0.1) is 0 Å². The highest BCUT2D eigenvalue weighted by Crippen LogP contribution is 2.58. The molecule has 2 heterocycles. The van der Waals surface area contributed by atoms with Gasteiger partial charge in [0, 0.05) is 27.5 Å². The van der Waals surface area contributed by atoms with Gasteiger partial charge in [0.15, 0.2) is 5.82 Å². The molecule has 0 amide bonds. The van der Waals surface area contributed by atoms with Crippen LogP contribution >= 0.6 is 0 Å². The third-order valence-corrected chi connectivity index (χ3v) is 11.4. The van der Waals surface area contributed by atoms with Crippen LogP contribution in [-0.4, -0.2) is 9.97 Å². The second-order valence-corrected chi connectivity index (χ2v) is 14.4. The summed E-state index contributed by atoms with van der Waals surface area (Å²) in [6.45, 7) is 0. The van der Waals surface area contributed by atoms with Gasteiger partial charge in [-0.3, -0.25) is 0 Å². The fraction of sp³-hybridized carbons (Fsp3) is 0.0189. The minimum absolute atomic E-state index is 0.505. The van der Waals surface area contributed by atoms with Gasteiger partial charge in [-0.2, -0.15) is 0 Å². The van der Waals surface area contributed by atoms with Crippen LogP contribution in [0.2, 0.25) is 0 Å². The molecule has 0 saturated carbocycles. The molecular formula is C53H34N2O. The molecule has 8 aromatic carbocycles. The lowest BCUT2D eigenvalue weighted by molar-refractivity contribution is 0.669. The number of hydrogen-bond acceptors (Lipinski definition) is 3. The number of hydrogen-bond donors (Lipinski definition) is 0. The Morgan fingerprint density at radius 1 is 0.375 bits per heavy atom. The lowest BCUT2D eigenvalue weighted by Gasteiger charge is -2.33. The Morgan fingerprint density at radius 3 is 1.73 bits per heavy atom. The summed E-state index contributed by atoms with van der Waals surface area (Å²) in [7, 11) is 0. The third-order valence-electron chi connectivity index (χ3n) is 11.4. The monoisotopic (exact) mass is 714 g/mol. The Kier molecular flexibility index (Phi) is 7.39. The van der Waals surface area contributed by atoms with Crippen molar-refractivity contribution >= 4 is 21.9 Å². The Balaban J connectivity index is 1.15. The van der Waals surface area contributed by atoms with E-state index in [0.717, 1.165) is 61.1 Å². The van der Waals surface area contributed by atoms with Crippen LogP contribution in [0.25, 0.3) is 78.1 Å². The predicted octanol–water partition coefficient (Wildman–Crippen LogP) is 13.4. The van der Waals surface area contributed by atoms with Gasteiger partial charge in [-0.25, -0.2) is 9.97 Å². The largest absolute Gasteiger partial charge is 0.456 e. The van der Waals surface area contributed by atoms with E-state index in [-0.39, 0.29) is 0 Å². The lowest BCUT2D eigenvalue weighted by Crippen LogP contribution is -2.28. The first-order valence-corrected chi connectivity index (χ1v) is 19.1. The second-order valence-electron chi connectivity index (χ2n) is 14.4. The molecule has 10 aromatic rings. The Labute approximate surface area is 325 Å². The van der Waals surface area contributed by atoms with Gasteiger partial charge >= 0.3 is 0 Å². The maximum absolute atomic E-state index is 6.27. The van der Waals surface area contributed by atoms with Gasteiger partial charge in [0.1, 0.15) is 11.2 Å². The zero-order valence-corrected chi connectivity index (χ0v) is 30.4. The van der Waals surface area contributed by atoms with Gasteiger partial charge < -0.3 is 4.42 Å². The summed E-state index contributed by atoms with van der Waals surface area (Å²) in [5.74, 6) is 0.688. The molecule has 11 rings (SSSR count). The van der Waals surface area contributed by atoms with Crippen LogP contribution < -0.4 is 0 Å². The van der Waals surface area contributed by atoms with Crippen LogP contribution in [0.1, 0.15) is 22.3 Å². The standard InChI is InChI=1S/C53H34N2O/c1-4-17-35(18-5-1)52-54-46(37-20-14-19-36(33-37)40-27-16-32-49-51(40)43-26-11-13-31-48(43)56-49)34-47(55-52)42-28-15-30-45-50(42)41-25-10-12-29-44(41)53(45,38-21-6-2-7-22-38)39-23-8-3-9-24-39/h1-34H. The third kappa shape index (κ3) is 4.91. The van der Waals surface area contributed by atoms with E-state index in [1.807, 2.05) is 36.4 Å². The van der Waals surface area contributed by atoms with E-state index in [1.165, 1.54) is 33.4 Å². The second kappa shape index (κ2) is 12.9. The summed E-state index contributed by atoms with van der Waals surface area (Å²) >= 11 is 0. The molecule has 0 bridgehead atoms. The smallest absolute Gasteiger partial charge is 0.160 e. The highest BCUT2D eigenvalue weighted by molar-refractivity contribution is 6.12. The molecule has 2 aromatic heterocycles. The Bertz CT molecular complexity index is 3040. The van der Waals surface area contributed by atoms with Crippen molar-refractivity contribution in [2.45, 2.75) is 5.41 Å². The van der Waals surface area contributed by atoms with Crippen molar-refractivity contribution < 1.29 is 4.42 Å². The summed E-state index contributed by atoms with van der Waals surface area (Å²) in [6.07, 6.45) is 0. The molecule has 0 spiro atoms. The Morgan fingerprint density at radius 2 is 0.929 bits per heavy atom. The highest BCUT2D eigenvalue weighted by Gasteiger charge is 2.46. The van der Waals surface area contributed by atoms with Crippen molar-refractivity contribution in [2.75, 3.05) is 0 Å². The number of benzene rings is 8. The fourth-order valence-corrected chi connectivity index (χ4v) is 9.02. The van der Waals surface area contributed by atoms with Crippen LogP contribution in [0.4, 0.5) is 0 Å². The minimum Gasteiger partial charge on any atom is -0.456 e. The lowest BCUT2D eigenvalue weighted by atomic mass is 9.67. The van der Waals surface area contributed by atoms with Crippen molar-refractivity contribution in [1.29, 1.82) is 0 Å². The molecule has 1 aliphatic carbocycles. The molecule has 0 saturated heterocycles. The first kappa shape index (κ1) is 32.1. The quantitative estimate of drug-likeness (QED) is 0.172. The summed E-state index contributed by atoms with van der Waals surface area (Å²) < 4.78 is 6.27. The molecule has 3 heteroatoms. The van der Waals surface area contributed by atoms with Crippen molar-refractivity contribution in [3.05, 3.63) is 229 Å². The maximum atomic E-state index is 6.27. The van der Waals surface area contributed by atoms with Crippen molar-refractivity contribution in [3.8, 4) is 56.2 Å². The average molecular weight is 715 g/mol. The normalized spacial score (nSPS) is 12.8. The van der Waals surface area contributed by atoms with Crippen LogP contribution in [-0.2, 0) is 5.41 Å². The van der Waals surface area contributed by atoms with Gasteiger partial charge in [0.05, 0.1) is 16.8 Å². The maximum Gasteiger partial charge on any atom is 0.160 e. The van der Waals surface area contributed by atoms with Crippen LogP contribution in [0.5, 0.6) is 0 Å². The van der Waals surface area contributed by atoms with Gasteiger partial charge in [0.2, 0.25) is 0 Å². The molecule has 0 radical (unpaired) electrons. The van der Waals surface area contributed by atoms with Crippen molar-refractivity contribution in [1.82, 2.24) is 9.97 Å². The Hall–Kier alpha value is -7.36. The van der Waals surface area contributed by atoms with E-state index in [4.69, 9.17) is 14.4 Å². The summed E-state index contributed by atoms with van der Waals surface area (Å²) in [5.41, 5.74) is 15.7. The molecule has 1 aliphatic rings. The van der Waals surface area contributed by atoms with Gasteiger partial charge in [-0.1, -0.05) is 182 Å². The van der Waals surface area contributed by atoms with E-state index < -0.39 is 5.41 Å². The molecule has 0 N–H and O–H groups in total. The average Bonchev–Trinajstić information content (AvgIpc) is 3.81. The number of aromatic nitrogens is 2. The zero-order valence-electron chi connectivity index (χ0n) is 30.4. The summed E-state index contributed by atoms with van der Waals surface area (Å²) in [5, 5.41) is 2.23. The molecular weight excluding hydrogens is 681 g/mol. The SMILES string of the molecule is c1ccc(-c2nc(-c3cccc(-c4cccc5oc6ccccc6c45)c3)cc(-c3cccc4c3-c3ccccc3C4(c3ccccc3)c3ccccc3)n2)cc1. The van der Waals surface area contributed by atoms with Gasteiger partial charge in [-0.05, 0) is 68.8 Å². The number of rotatable bonds is 6. The molecule has 0 aliphatic heterocycles. The van der Waals surface area contributed by atoms with Crippen molar-refractivity contribution in [3.63, 3.8) is 0 Å². The topological polar surface area (TPSA) is 38.9 Å². The first-order chi connectivity index (χ1) is 27.8. The molecule has 0 atom stereocenters. The summed E-state index contributed by atoms with van der Waals surface area (Å²) in [4.78, 5) is 10.6. The first-order valence-electron chi connectivity index (χ1n) is 19.1. The van der Waals surface area contributed by atoms with E-state index in [0.29, 0.717) is 5.82 Å². The minimum atomic E-state index is -0.505. The molecule has 56 heavy (non-hydrogen) atoms. The molecule has 3 nitrogen and oxygen atoms in total. The van der Waals surface area contributed by atoms with Crippen molar-refractivity contribution in [2.24, 2.45) is 0 Å². The van der Waals surface area contributed by atoms with E-state index in [9.17, 15) is 0 Å². The number of fused-ring (bicyclic) bond motifs is 6. The summed E-state index contributed by atoms with van der Waals surface area (Å²) in [6, 6.07) is 73.2. The predicted molar refractivity (Wildman–Crippen MR) is 228 cm³/mol. The zero-order chi connectivity index (χ0) is 37.1. The van der Waals surface area contributed by atoms with E-state index in [2.05, 4.69) is 170 Å². The van der Waals surface area contributed by atoms with Crippen LogP contribution in [0.15, 0.2) is 211 Å². The molecule has 262 valence electrons. The molecule has 0 unspecified atom stereocenters. The number of furan rings is 1. The molecule has 0 fully saturated rings. The van der Waals surface area contributed by atoms with Gasteiger partial charge in [0.25, 0.3) is 0 Å². The fourth-order valence-electron chi connectivity index (χ4n) is 9.02. The van der Waals surface area contributed by atoms with E-state index in [1.54, 1.807) is 0 Å². The highest BCUT2D eigenvalue weighted by atomic mass is 16.3. The number of para-hydroxylation sites is 1. The van der Waals surface area contributed by atoms with Crippen LogP contribution in [0.3, 0.4) is 0 Å². The number of nitrogens with zero attached hydrogens (tertiary/aromatic N) is 2. The van der Waals surface area contributed by atoms with E-state index >= 15 is 0 Å².